The van der Waals surface area contributed by atoms with Crippen LogP contribution in [0.4, 0.5) is 4.79 Å². The average Bonchev–Trinajstić information content (AvgIpc) is 2.72. The first-order chi connectivity index (χ1) is 8.45. The van der Waals surface area contributed by atoms with Gasteiger partial charge >= 0.3 is 12.0 Å². The Morgan fingerprint density at radius 2 is 2.00 bits per heavy atom. The highest BCUT2D eigenvalue weighted by Crippen LogP contribution is 2.21. The molecule has 1 aliphatic rings. The van der Waals surface area contributed by atoms with Crippen molar-refractivity contribution in [1.29, 1.82) is 0 Å². The number of amides is 2. The molecule has 1 aliphatic carbocycles. The first-order valence-corrected chi connectivity index (χ1v) is 6.28. The van der Waals surface area contributed by atoms with Gasteiger partial charge in [-0.25, -0.2) is 9.59 Å². The third-order valence-corrected chi connectivity index (χ3v) is 3.29. The summed E-state index contributed by atoms with van der Waals surface area (Å²) in [6.07, 6.45) is 2.83. The molecule has 6 heteroatoms. The zero-order valence-electron chi connectivity index (χ0n) is 11.1. The van der Waals surface area contributed by atoms with Crippen LogP contribution in [0.2, 0.25) is 0 Å². The monoisotopic (exact) mass is 258 g/mol. The molecule has 0 heterocycles. The average molecular weight is 258 g/mol. The summed E-state index contributed by atoms with van der Waals surface area (Å²) in [5.74, 6) is -1.18. The topological polar surface area (TPSA) is 87.7 Å². The van der Waals surface area contributed by atoms with E-state index in [-0.39, 0.29) is 18.1 Å². The molecule has 0 radical (unpaired) electrons. The smallest absolute Gasteiger partial charge is 0.326 e. The zero-order chi connectivity index (χ0) is 13.7. The third-order valence-electron chi connectivity index (χ3n) is 3.29. The fraction of sp³-hybridized carbons (Fsp3) is 0.833. The second kappa shape index (κ2) is 6.58. The van der Waals surface area contributed by atoms with E-state index in [1.165, 1.54) is 0 Å². The molecule has 2 amide bonds. The predicted octanol–water partition coefficient (Wildman–Crippen LogP) is 0.962. The van der Waals surface area contributed by atoms with Gasteiger partial charge < -0.3 is 20.5 Å². The maximum atomic E-state index is 11.7. The van der Waals surface area contributed by atoms with E-state index in [0.717, 1.165) is 19.3 Å². The van der Waals surface area contributed by atoms with Crippen LogP contribution in [0.3, 0.4) is 0 Å². The van der Waals surface area contributed by atoms with E-state index in [2.05, 4.69) is 10.6 Å². The molecule has 0 spiro atoms. The predicted molar refractivity (Wildman–Crippen MR) is 66.4 cm³/mol. The van der Waals surface area contributed by atoms with Gasteiger partial charge in [0.25, 0.3) is 0 Å². The van der Waals surface area contributed by atoms with E-state index < -0.39 is 18.0 Å². The van der Waals surface area contributed by atoms with Crippen molar-refractivity contribution in [3.05, 3.63) is 0 Å². The van der Waals surface area contributed by atoms with Crippen molar-refractivity contribution in [3.63, 3.8) is 0 Å². The Balaban J connectivity index is 2.47. The summed E-state index contributed by atoms with van der Waals surface area (Å²) in [6, 6.07) is -1.34. The number of nitrogens with one attached hydrogen (secondary N) is 2. The highest BCUT2D eigenvalue weighted by Gasteiger charge is 2.30. The van der Waals surface area contributed by atoms with Crippen molar-refractivity contribution in [2.75, 3.05) is 7.11 Å². The van der Waals surface area contributed by atoms with E-state index in [1.54, 1.807) is 21.0 Å². The second-order valence-corrected chi connectivity index (χ2v) is 4.99. The first kappa shape index (κ1) is 14.8. The van der Waals surface area contributed by atoms with Gasteiger partial charge in [0.15, 0.2) is 0 Å². The summed E-state index contributed by atoms with van der Waals surface area (Å²) in [6.45, 7) is 3.51. The number of rotatable bonds is 5. The second-order valence-electron chi connectivity index (χ2n) is 4.99. The number of carbonyl (C=O) groups is 2. The van der Waals surface area contributed by atoms with Gasteiger partial charge in [-0.15, -0.1) is 0 Å². The molecule has 0 aromatic heterocycles. The minimum atomic E-state index is -1.02. The van der Waals surface area contributed by atoms with Crippen LogP contribution in [-0.2, 0) is 9.53 Å². The van der Waals surface area contributed by atoms with Gasteiger partial charge in [0.2, 0.25) is 0 Å². The molecular weight excluding hydrogens is 236 g/mol. The van der Waals surface area contributed by atoms with Crippen molar-refractivity contribution < 1.29 is 19.4 Å². The highest BCUT2D eigenvalue weighted by atomic mass is 16.5. The maximum Gasteiger partial charge on any atom is 0.326 e. The molecule has 6 nitrogen and oxygen atoms in total. The lowest BCUT2D eigenvalue weighted by Gasteiger charge is -2.23. The Kier molecular flexibility index (Phi) is 5.40. The Hall–Kier alpha value is -1.30. The number of methoxy groups -OCH3 is 1. The van der Waals surface area contributed by atoms with Crippen LogP contribution in [0.25, 0.3) is 0 Å². The number of urea groups is 1. The van der Waals surface area contributed by atoms with Crippen LogP contribution in [0.5, 0.6) is 0 Å². The van der Waals surface area contributed by atoms with Gasteiger partial charge in [-0.05, 0) is 25.2 Å². The Labute approximate surface area is 107 Å². The molecule has 0 saturated heterocycles. The van der Waals surface area contributed by atoms with Gasteiger partial charge in [-0.1, -0.05) is 13.8 Å². The molecule has 0 aromatic rings. The molecule has 18 heavy (non-hydrogen) atoms. The Bertz CT molecular complexity index is 306. The molecule has 1 rings (SSSR count). The molecular formula is C12H22N2O4. The maximum absolute atomic E-state index is 11.7. The SMILES string of the molecule is COC1CCCC1NC(=O)NC(C(=O)O)C(C)C. The minimum Gasteiger partial charge on any atom is -0.480 e. The van der Waals surface area contributed by atoms with E-state index in [9.17, 15) is 9.59 Å². The van der Waals surface area contributed by atoms with E-state index in [4.69, 9.17) is 9.84 Å². The molecule has 3 atom stereocenters. The number of carboxylic acids is 1. The van der Waals surface area contributed by atoms with Crippen molar-refractivity contribution in [1.82, 2.24) is 10.6 Å². The number of aliphatic carboxylic acids is 1. The normalized spacial score (nSPS) is 24.9. The molecule has 0 bridgehead atoms. The summed E-state index contributed by atoms with van der Waals surface area (Å²) in [7, 11) is 1.62. The van der Waals surface area contributed by atoms with Gasteiger partial charge in [-0.2, -0.15) is 0 Å². The van der Waals surface area contributed by atoms with Crippen molar-refractivity contribution >= 4 is 12.0 Å². The minimum absolute atomic E-state index is 0.0260. The largest absolute Gasteiger partial charge is 0.480 e. The standard InChI is InChI=1S/C12H22N2O4/c1-7(2)10(11(15)16)14-12(17)13-8-5-4-6-9(8)18-3/h7-10H,4-6H2,1-3H3,(H,15,16)(H2,13,14,17). The Morgan fingerprint density at radius 1 is 1.33 bits per heavy atom. The van der Waals surface area contributed by atoms with Crippen LogP contribution in [0.15, 0.2) is 0 Å². The summed E-state index contributed by atoms with van der Waals surface area (Å²) in [4.78, 5) is 22.7. The van der Waals surface area contributed by atoms with Gasteiger partial charge in [0.05, 0.1) is 12.1 Å². The number of hydrogen-bond acceptors (Lipinski definition) is 3. The lowest BCUT2D eigenvalue weighted by molar-refractivity contribution is -0.140. The van der Waals surface area contributed by atoms with Crippen LogP contribution in [-0.4, -0.2) is 42.4 Å². The molecule has 0 aromatic carbocycles. The molecule has 3 N–H and O–H groups in total. The van der Waals surface area contributed by atoms with Gasteiger partial charge in [0.1, 0.15) is 6.04 Å². The van der Waals surface area contributed by atoms with Crippen LogP contribution < -0.4 is 10.6 Å². The number of hydrogen-bond donors (Lipinski definition) is 3. The summed E-state index contributed by atoms with van der Waals surface area (Å²) >= 11 is 0. The third kappa shape index (κ3) is 3.87. The number of carboxylic acid groups (broad SMARTS) is 1. The zero-order valence-corrected chi connectivity index (χ0v) is 11.1. The lowest BCUT2D eigenvalue weighted by atomic mass is 10.1. The summed E-state index contributed by atoms with van der Waals surface area (Å²) in [5, 5.41) is 14.2. The molecule has 1 fully saturated rings. The lowest BCUT2D eigenvalue weighted by Crippen LogP contribution is -2.52. The van der Waals surface area contributed by atoms with E-state index in [0.29, 0.717) is 0 Å². The van der Waals surface area contributed by atoms with Crippen molar-refractivity contribution in [2.24, 2.45) is 5.92 Å². The van der Waals surface area contributed by atoms with Crippen LogP contribution >= 0.6 is 0 Å². The van der Waals surface area contributed by atoms with E-state index >= 15 is 0 Å². The number of carbonyl (C=O) groups excluding carboxylic acids is 1. The highest BCUT2D eigenvalue weighted by molar-refractivity contribution is 5.82. The van der Waals surface area contributed by atoms with Crippen LogP contribution in [0, 0.1) is 5.92 Å². The van der Waals surface area contributed by atoms with E-state index in [1.807, 2.05) is 0 Å². The summed E-state index contributed by atoms with van der Waals surface area (Å²) < 4.78 is 5.27. The molecule has 1 saturated carbocycles. The van der Waals surface area contributed by atoms with Gasteiger partial charge in [-0.3, -0.25) is 0 Å². The Morgan fingerprint density at radius 3 is 2.50 bits per heavy atom. The van der Waals surface area contributed by atoms with Crippen LogP contribution in [0.1, 0.15) is 33.1 Å². The fourth-order valence-electron chi connectivity index (χ4n) is 2.24. The number of ether oxygens (including phenoxy) is 1. The molecule has 3 unspecified atom stereocenters. The first-order valence-electron chi connectivity index (χ1n) is 6.28. The van der Waals surface area contributed by atoms with Gasteiger partial charge in [0, 0.05) is 7.11 Å². The quantitative estimate of drug-likeness (QED) is 0.685. The van der Waals surface area contributed by atoms with Crippen molar-refractivity contribution in [2.45, 2.75) is 51.3 Å². The summed E-state index contributed by atoms with van der Waals surface area (Å²) in [5.41, 5.74) is 0. The van der Waals surface area contributed by atoms with Crippen molar-refractivity contribution in [3.8, 4) is 0 Å². The molecule has 0 aliphatic heterocycles. The molecule has 104 valence electrons. The fourth-order valence-corrected chi connectivity index (χ4v) is 2.24.